The van der Waals surface area contributed by atoms with Gasteiger partial charge in [0.15, 0.2) is 0 Å². The number of amides is 3. The summed E-state index contributed by atoms with van der Waals surface area (Å²) in [7, 11) is -4.08. The van der Waals surface area contributed by atoms with Crippen LogP contribution in [0.15, 0.2) is 0 Å². The highest BCUT2D eigenvalue weighted by Crippen LogP contribution is 2.00. The zero-order chi connectivity index (χ0) is 8.65. The van der Waals surface area contributed by atoms with Crippen LogP contribution in [0, 0.1) is 0 Å². The number of urea groups is 1. The third kappa shape index (κ3) is 1.46. The van der Waals surface area contributed by atoms with E-state index in [0.717, 1.165) is 0 Å². The lowest BCUT2D eigenvalue weighted by molar-refractivity contribution is -0.118. The standard InChI is InChI=1S/C3H5N3O4S/c4-11(9,10)6-1-2(7)5-3(6)8/h1H2,(H2,4,9,10)(H,5,7,8). The summed E-state index contributed by atoms with van der Waals surface area (Å²) in [6, 6.07) is -1.00. The highest BCUT2D eigenvalue weighted by Gasteiger charge is 2.33. The van der Waals surface area contributed by atoms with Crippen molar-refractivity contribution in [1.82, 2.24) is 9.62 Å². The lowest BCUT2D eigenvalue weighted by Crippen LogP contribution is -2.38. The Kier molecular flexibility index (Phi) is 1.57. The average molecular weight is 179 g/mol. The highest BCUT2D eigenvalue weighted by molar-refractivity contribution is 7.87. The summed E-state index contributed by atoms with van der Waals surface area (Å²) in [5, 5.41) is 6.34. The molecule has 1 heterocycles. The van der Waals surface area contributed by atoms with E-state index < -0.39 is 28.7 Å². The van der Waals surface area contributed by atoms with Crippen LogP contribution >= 0.6 is 0 Å². The van der Waals surface area contributed by atoms with Crippen LogP contribution in [-0.2, 0) is 15.0 Å². The topological polar surface area (TPSA) is 110 Å². The number of hydrogen-bond donors (Lipinski definition) is 2. The SMILES string of the molecule is NS(=O)(=O)N1CC(=O)NC1=O. The number of rotatable bonds is 1. The van der Waals surface area contributed by atoms with Crippen molar-refractivity contribution in [3.05, 3.63) is 0 Å². The molecule has 0 atom stereocenters. The largest absolute Gasteiger partial charge is 0.339 e. The van der Waals surface area contributed by atoms with E-state index in [2.05, 4.69) is 5.14 Å². The minimum atomic E-state index is -4.08. The van der Waals surface area contributed by atoms with Crippen molar-refractivity contribution in [2.45, 2.75) is 0 Å². The Labute approximate surface area is 62.3 Å². The summed E-state index contributed by atoms with van der Waals surface area (Å²) in [4.78, 5) is 21.0. The van der Waals surface area contributed by atoms with E-state index >= 15 is 0 Å². The van der Waals surface area contributed by atoms with Crippen molar-refractivity contribution in [2.75, 3.05) is 6.54 Å². The van der Waals surface area contributed by atoms with Gasteiger partial charge in [0.1, 0.15) is 6.54 Å². The van der Waals surface area contributed by atoms with Gasteiger partial charge in [-0.25, -0.2) is 9.93 Å². The minimum absolute atomic E-state index is 0.259. The van der Waals surface area contributed by atoms with Gasteiger partial charge in [0.2, 0.25) is 5.91 Å². The van der Waals surface area contributed by atoms with E-state index in [-0.39, 0.29) is 4.31 Å². The van der Waals surface area contributed by atoms with Crippen LogP contribution in [0.5, 0.6) is 0 Å². The first-order valence-corrected chi connectivity index (χ1v) is 4.06. The zero-order valence-electron chi connectivity index (χ0n) is 5.27. The van der Waals surface area contributed by atoms with Crippen LogP contribution in [-0.4, -0.2) is 31.2 Å². The summed E-state index contributed by atoms with van der Waals surface area (Å²) >= 11 is 0. The van der Waals surface area contributed by atoms with Crippen molar-refractivity contribution < 1.29 is 18.0 Å². The molecule has 0 aliphatic carbocycles. The van der Waals surface area contributed by atoms with E-state index in [0.29, 0.717) is 0 Å². The number of nitrogens with one attached hydrogen (secondary N) is 1. The molecule has 0 aromatic carbocycles. The number of carbonyl (C=O) groups excluding carboxylic acids is 2. The monoisotopic (exact) mass is 179 g/mol. The van der Waals surface area contributed by atoms with Crippen LogP contribution in [0.25, 0.3) is 0 Å². The predicted molar refractivity (Wildman–Crippen MR) is 33.4 cm³/mol. The molecule has 1 aliphatic heterocycles. The van der Waals surface area contributed by atoms with E-state index in [1.54, 1.807) is 5.32 Å². The molecule has 8 heteroatoms. The molecule has 0 aromatic heterocycles. The summed E-state index contributed by atoms with van der Waals surface area (Å²) in [5.74, 6) is -0.677. The lowest BCUT2D eigenvalue weighted by Gasteiger charge is -2.07. The van der Waals surface area contributed by atoms with Gasteiger partial charge in [-0.05, 0) is 0 Å². The molecular formula is C3H5N3O4S. The molecule has 0 aromatic rings. The summed E-state index contributed by atoms with van der Waals surface area (Å²) in [6.45, 7) is -0.530. The van der Waals surface area contributed by atoms with Crippen LogP contribution in [0.1, 0.15) is 0 Å². The second kappa shape index (κ2) is 2.17. The highest BCUT2D eigenvalue weighted by atomic mass is 32.2. The van der Waals surface area contributed by atoms with Gasteiger partial charge < -0.3 is 0 Å². The quantitative estimate of drug-likeness (QED) is 0.442. The molecule has 11 heavy (non-hydrogen) atoms. The number of hydrogen-bond acceptors (Lipinski definition) is 4. The fraction of sp³-hybridized carbons (Fsp3) is 0.333. The molecule has 0 saturated carbocycles. The van der Waals surface area contributed by atoms with Crippen LogP contribution in [0.4, 0.5) is 4.79 Å². The maximum Gasteiger partial charge on any atom is 0.339 e. The van der Waals surface area contributed by atoms with Crippen molar-refractivity contribution >= 4 is 22.1 Å². The zero-order valence-corrected chi connectivity index (χ0v) is 6.09. The molecule has 1 aliphatic rings. The maximum atomic E-state index is 10.6. The van der Waals surface area contributed by atoms with Gasteiger partial charge in [-0.3, -0.25) is 10.1 Å². The Balaban J connectivity index is 2.94. The Bertz CT molecular complexity index is 307. The number of imide groups is 1. The summed E-state index contributed by atoms with van der Waals surface area (Å²) < 4.78 is 21.2. The molecule has 0 radical (unpaired) electrons. The number of nitrogens with zero attached hydrogens (tertiary/aromatic N) is 1. The fourth-order valence-electron chi connectivity index (χ4n) is 0.629. The molecule has 0 unspecified atom stereocenters. The maximum absolute atomic E-state index is 10.6. The molecule has 1 fully saturated rings. The van der Waals surface area contributed by atoms with Gasteiger partial charge in [-0.15, -0.1) is 0 Å². The van der Waals surface area contributed by atoms with E-state index in [1.165, 1.54) is 0 Å². The molecule has 3 amide bonds. The van der Waals surface area contributed by atoms with Crippen LogP contribution in [0.2, 0.25) is 0 Å². The summed E-state index contributed by atoms with van der Waals surface area (Å²) in [6.07, 6.45) is 0. The Morgan fingerprint density at radius 1 is 1.45 bits per heavy atom. The van der Waals surface area contributed by atoms with Gasteiger partial charge in [-0.1, -0.05) is 0 Å². The van der Waals surface area contributed by atoms with Gasteiger partial charge in [0, 0.05) is 0 Å². The van der Waals surface area contributed by atoms with Crippen molar-refractivity contribution in [1.29, 1.82) is 0 Å². The fourth-order valence-corrected chi connectivity index (χ4v) is 1.20. The van der Waals surface area contributed by atoms with Crippen LogP contribution in [0.3, 0.4) is 0 Å². The van der Waals surface area contributed by atoms with E-state index in [1.807, 2.05) is 0 Å². The minimum Gasteiger partial charge on any atom is -0.275 e. The number of nitrogens with two attached hydrogens (primary N) is 1. The Hall–Kier alpha value is -1.15. The summed E-state index contributed by atoms with van der Waals surface area (Å²) in [5.41, 5.74) is 0. The molecule has 7 nitrogen and oxygen atoms in total. The van der Waals surface area contributed by atoms with Gasteiger partial charge in [0.05, 0.1) is 0 Å². The average Bonchev–Trinajstić information content (AvgIpc) is 2.08. The van der Waals surface area contributed by atoms with Crippen molar-refractivity contribution in [3.8, 4) is 0 Å². The van der Waals surface area contributed by atoms with Gasteiger partial charge >= 0.3 is 16.2 Å². The second-order valence-corrected chi connectivity index (χ2v) is 3.38. The van der Waals surface area contributed by atoms with Crippen LogP contribution < -0.4 is 10.5 Å². The third-order valence-corrected chi connectivity index (χ3v) is 1.98. The van der Waals surface area contributed by atoms with Crippen molar-refractivity contribution in [3.63, 3.8) is 0 Å². The van der Waals surface area contributed by atoms with Crippen molar-refractivity contribution in [2.24, 2.45) is 5.14 Å². The van der Waals surface area contributed by atoms with E-state index in [9.17, 15) is 18.0 Å². The smallest absolute Gasteiger partial charge is 0.275 e. The number of carbonyl (C=O) groups is 2. The molecule has 1 rings (SSSR count). The van der Waals surface area contributed by atoms with E-state index in [4.69, 9.17) is 0 Å². The lowest BCUT2D eigenvalue weighted by atomic mass is 10.7. The normalized spacial score (nSPS) is 18.8. The Morgan fingerprint density at radius 3 is 2.18 bits per heavy atom. The second-order valence-electron chi connectivity index (χ2n) is 1.90. The molecule has 3 N–H and O–H groups in total. The Morgan fingerprint density at radius 2 is 2.00 bits per heavy atom. The first-order valence-electron chi connectivity index (χ1n) is 2.55. The first kappa shape index (κ1) is 7.95. The molecule has 62 valence electrons. The molecular weight excluding hydrogens is 174 g/mol. The molecule has 0 spiro atoms. The first-order chi connectivity index (χ1) is 4.91. The van der Waals surface area contributed by atoms with Gasteiger partial charge in [-0.2, -0.15) is 12.7 Å². The molecule has 0 bridgehead atoms. The third-order valence-electron chi connectivity index (χ3n) is 1.07. The van der Waals surface area contributed by atoms with Gasteiger partial charge in [0.25, 0.3) is 0 Å². The molecule has 1 saturated heterocycles. The predicted octanol–water partition coefficient (Wildman–Crippen LogP) is -2.26.